The van der Waals surface area contributed by atoms with Gasteiger partial charge < -0.3 is 4.74 Å². The summed E-state index contributed by atoms with van der Waals surface area (Å²) in [5, 5.41) is 4.48. The number of hydrogen-bond donors (Lipinski definition) is 1. The molecule has 0 amide bonds. The lowest BCUT2D eigenvalue weighted by molar-refractivity contribution is 0.414. The molecule has 0 atom stereocenters. The Bertz CT molecular complexity index is 995. The maximum absolute atomic E-state index is 12.7. The second-order valence-electron chi connectivity index (χ2n) is 5.97. The number of nitrogens with zero attached hydrogens (tertiary/aromatic N) is 2. The Kier molecular flexibility index (Phi) is 4.99. The number of sulfonamides is 1. The van der Waals surface area contributed by atoms with Crippen LogP contribution in [0, 0.1) is 13.8 Å². The zero-order chi connectivity index (χ0) is 18.7. The fourth-order valence-electron chi connectivity index (χ4n) is 2.70. The minimum atomic E-state index is -3.70. The first-order valence-corrected chi connectivity index (χ1v) is 9.64. The molecule has 0 aliphatic rings. The van der Waals surface area contributed by atoms with E-state index < -0.39 is 10.0 Å². The Balaban J connectivity index is 1.87. The van der Waals surface area contributed by atoms with Gasteiger partial charge in [-0.15, -0.1) is 0 Å². The van der Waals surface area contributed by atoms with Crippen molar-refractivity contribution >= 4 is 15.7 Å². The van der Waals surface area contributed by atoms with Gasteiger partial charge in [0.2, 0.25) is 0 Å². The highest BCUT2D eigenvalue weighted by molar-refractivity contribution is 7.92. The maximum Gasteiger partial charge on any atom is 0.262 e. The van der Waals surface area contributed by atoms with Gasteiger partial charge in [-0.05, 0) is 43.7 Å². The minimum absolute atomic E-state index is 0.174. The molecule has 2 aromatic carbocycles. The van der Waals surface area contributed by atoms with E-state index in [2.05, 4.69) is 9.82 Å². The molecule has 0 unspecified atom stereocenters. The molecule has 1 heterocycles. The van der Waals surface area contributed by atoms with E-state index >= 15 is 0 Å². The van der Waals surface area contributed by atoms with E-state index in [1.165, 1.54) is 19.2 Å². The molecule has 6 nitrogen and oxygen atoms in total. The van der Waals surface area contributed by atoms with Crippen molar-refractivity contribution in [2.45, 2.75) is 25.3 Å². The maximum atomic E-state index is 12.7. The third-order valence-corrected chi connectivity index (χ3v) is 5.53. The molecular formula is C19H21N3O3S. The molecule has 3 rings (SSSR count). The van der Waals surface area contributed by atoms with Crippen LogP contribution in [-0.2, 0) is 16.6 Å². The van der Waals surface area contributed by atoms with E-state index in [4.69, 9.17) is 4.74 Å². The van der Waals surface area contributed by atoms with Crippen LogP contribution in [-0.4, -0.2) is 25.3 Å². The first kappa shape index (κ1) is 18.0. The number of benzene rings is 2. The first-order chi connectivity index (χ1) is 12.4. The van der Waals surface area contributed by atoms with Crippen molar-refractivity contribution < 1.29 is 13.2 Å². The number of rotatable bonds is 6. The SMILES string of the molecule is COc1ccc(S(=O)(=O)Nc2c(C)nn(Cc3ccccc3)c2C)cc1. The summed E-state index contributed by atoms with van der Waals surface area (Å²) in [6, 6.07) is 16.2. The van der Waals surface area contributed by atoms with Crippen LogP contribution in [0.4, 0.5) is 5.69 Å². The second kappa shape index (κ2) is 7.21. The molecule has 0 saturated carbocycles. The monoisotopic (exact) mass is 371 g/mol. The van der Waals surface area contributed by atoms with Crippen LogP contribution in [0.5, 0.6) is 5.75 Å². The Labute approximate surface area is 153 Å². The number of aryl methyl sites for hydroxylation is 1. The Morgan fingerprint density at radius 1 is 1.04 bits per heavy atom. The number of ether oxygens (including phenoxy) is 1. The number of aromatic nitrogens is 2. The van der Waals surface area contributed by atoms with Gasteiger partial charge in [0.05, 0.1) is 35.6 Å². The molecule has 0 bridgehead atoms. The molecular weight excluding hydrogens is 350 g/mol. The van der Waals surface area contributed by atoms with E-state index in [0.29, 0.717) is 23.7 Å². The fraction of sp³-hybridized carbons (Fsp3) is 0.211. The molecule has 0 aliphatic carbocycles. The van der Waals surface area contributed by atoms with Gasteiger partial charge in [-0.2, -0.15) is 5.10 Å². The van der Waals surface area contributed by atoms with Gasteiger partial charge in [-0.25, -0.2) is 8.42 Å². The van der Waals surface area contributed by atoms with Gasteiger partial charge in [-0.1, -0.05) is 30.3 Å². The van der Waals surface area contributed by atoms with Crippen LogP contribution in [0.3, 0.4) is 0 Å². The van der Waals surface area contributed by atoms with Gasteiger partial charge in [0.1, 0.15) is 5.75 Å². The number of hydrogen-bond acceptors (Lipinski definition) is 4. The number of methoxy groups -OCH3 is 1. The summed E-state index contributed by atoms with van der Waals surface area (Å²) in [5.41, 5.74) is 3.01. The minimum Gasteiger partial charge on any atom is -0.497 e. The molecule has 0 spiro atoms. The van der Waals surface area contributed by atoms with Gasteiger partial charge >= 0.3 is 0 Å². The van der Waals surface area contributed by atoms with Gasteiger partial charge in [0.15, 0.2) is 0 Å². The van der Waals surface area contributed by atoms with Crippen molar-refractivity contribution in [1.29, 1.82) is 0 Å². The van der Waals surface area contributed by atoms with Crippen molar-refractivity contribution in [3.8, 4) is 5.75 Å². The van der Waals surface area contributed by atoms with E-state index in [9.17, 15) is 8.42 Å². The van der Waals surface area contributed by atoms with Crippen LogP contribution in [0.15, 0.2) is 59.5 Å². The topological polar surface area (TPSA) is 73.2 Å². The van der Waals surface area contributed by atoms with Crippen molar-refractivity contribution in [3.63, 3.8) is 0 Å². The Morgan fingerprint density at radius 2 is 1.69 bits per heavy atom. The molecule has 0 radical (unpaired) electrons. The molecule has 136 valence electrons. The van der Waals surface area contributed by atoms with Gasteiger partial charge in [-0.3, -0.25) is 9.40 Å². The molecule has 0 saturated heterocycles. The van der Waals surface area contributed by atoms with Crippen LogP contribution in [0.25, 0.3) is 0 Å². The third-order valence-electron chi connectivity index (χ3n) is 4.16. The standard InChI is InChI=1S/C19H21N3O3S/c1-14-19(15(2)22(20-14)13-16-7-5-4-6-8-16)21-26(23,24)18-11-9-17(25-3)10-12-18/h4-12,21H,13H2,1-3H3. The summed E-state index contributed by atoms with van der Waals surface area (Å²) in [6.45, 7) is 4.23. The molecule has 1 aromatic heterocycles. The van der Waals surface area contributed by atoms with Crippen molar-refractivity contribution in [2.75, 3.05) is 11.8 Å². The Morgan fingerprint density at radius 3 is 2.31 bits per heavy atom. The van der Waals surface area contributed by atoms with Gasteiger partial charge in [0.25, 0.3) is 10.0 Å². The highest BCUT2D eigenvalue weighted by Gasteiger charge is 2.20. The second-order valence-corrected chi connectivity index (χ2v) is 7.65. The molecule has 1 N–H and O–H groups in total. The van der Waals surface area contributed by atoms with Crippen LogP contribution in [0.2, 0.25) is 0 Å². The van der Waals surface area contributed by atoms with Crippen molar-refractivity contribution in [2.24, 2.45) is 0 Å². The largest absolute Gasteiger partial charge is 0.497 e. The van der Waals surface area contributed by atoms with Crippen molar-refractivity contribution in [1.82, 2.24) is 9.78 Å². The van der Waals surface area contributed by atoms with Gasteiger partial charge in [0, 0.05) is 0 Å². The number of nitrogens with one attached hydrogen (secondary N) is 1. The third kappa shape index (κ3) is 3.72. The van der Waals surface area contributed by atoms with E-state index in [0.717, 1.165) is 11.3 Å². The average Bonchev–Trinajstić information content (AvgIpc) is 2.90. The molecule has 0 aliphatic heterocycles. The van der Waals surface area contributed by atoms with E-state index in [-0.39, 0.29) is 4.90 Å². The lowest BCUT2D eigenvalue weighted by Crippen LogP contribution is -2.14. The van der Waals surface area contributed by atoms with E-state index in [1.54, 1.807) is 23.7 Å². The molecule has 26 heavy (non-hydrogen) atoms. The Hall–Kier alpha value is -2.80. The molecule has 0 fully saturated rings. The summed E-state index contributed by atoms with van der Waals surface area (Å²) in [5.74, 6) is 0.604. The lowest BCUT2D eigenvalue weighted by Gasteiger charge is -2.10. The van der Waals surface area contributed by atoms with Crippen LogP contribution >= 0.6 is 0 Å². The summed E-state index contributed by atoms with van der Waals surface area (Å²) in [6.07, 6.45) is 0. The zero-order valence-corrected chi connectivity index (χ0v) is 15.7. The predicted molar refractivity (Wildman–Crippen MR) is 101 cm³/mol. The highest BCUT2D eigenvalue weighted by Crippen LogP contribution is 2.25. The number of anilines is 1. The summed E-state index contributed by atoms with van der Waals surface area (Å²) in [7, 11) is -2.16. The lowest BCUT2D eigenvalue weighted by atomic mass is 10.2. The molecule has 7 heteroatoms. The highest BCUT2D eigenvalue weighted by atomic mass is 32.2. The smallest absolute Gasteiger partial charge is 0.262 e. The fourth-order valence-corrected chi connectivity index (χ4v) is 3.88. The molecule has 3 aromatic rings. The normalized spacial score (nSPS) is 11.3. The summed E-state index contributed by atoms with van der Waals surface area (Å²) < 4.78 is 34.9. The average molecular weight is 371 g/mol. The first-order valence-electron chi connectivity index (χ1n) is 8.15. The summed E-state index contributed by atoms with van der Waals surface area (Å²) in [4.78, 5) is 0.174. The predicted octanol–water partition coefficient (Wildman–Crippen LogP) is 3.36. The summed E-state index contributed by atoms with van der Waals surface area (Å²) >= 11 is 0. The van der Waals surface area contributed by atoms with Crippen LogP contribution < -0.4 is 9.46 Å². The zero-order valence-electron chi connectivity index (χ0n) is 14.9. The van der Waals surface area contributed by atoms with Crippen LogP contribution in [0.1, 0.15) is 17.0 Å². The van der Waals surface area contributed by atoms with E-state index in [1.807, 2.05) is 37.3 Å². The van der Waals surface area contributed by atoms with Crippen molar-refractivity contribution in [3.05, 3.63) is 71.5 Å². The quantitative estimate of drug-likeness (QED) is 0.721.